The second-order valence-corrected chi connectivity index (χ2v) is 7.96. The Morgan fingerprint density at radius 1 is 0.933 bits per heavy atom. The van der Waals surface area contributed by atoms with Crippen LogP contribution in [0.5, 0.6) is 0 Å². The molecule has 5 nitrogen and oxygen atoms in total. The molecule has 0 aliphatic rings. The van der Waals surface area contributed by atoms with E-state index in [4.69, 9.17) is 23.2 Å². The highest BCUT2D eigenvalue weighted by Crippen LogP contribution is 2.32. The van der Waals surface area contributed by atoms with Crippen LogP contribution in [-0.2, 0) is 6.54 Å². The van der Waals surface area contributed by atoms with Gasteiger partial charge in [0.25, 0.3) is 0 Å². The van der Waals surface area contributed by atoms with Gasteiger partial charge in [-0.05, 0) is 53.2 Å². The third-order valence-electron chi connectivity index (χ3n) is 5.09. The molecule has 0 radical (unpaired) electrons. The Morgan fingerprint density at radius 2 is 1.67 bits per heavy atom. The first-order valence-corrected chi connectivity index (χ1v) is 10.3. The summed E-state index contributed by atoms with van der Waals surface area (Å²) >= 11 is 12.7. The van der Waals surface area contributed by atoms with Gasteiger partial charge >= 0.3 is 0 Å². The molecule has 0 N–H and O–H groups in total. The first kappa shape index (κ1) is 20.5. The molecule has 0 fully saturated rings. The quantitative estimate of drug-likeness (QED) is 0.399. The molecule has 0 amide bonds. The zero-order valence-corrected chi connectivity index (χ0v) is 18.2. The number of nitrogens with zero attached hydrogens (tertiary/aromatic N) is 5. The van der Waals surface area contributed by atoms with Crippen molar-refractivity contribution in [3.05, 3.63) is 105 Å². The second kappa shape index (κ2) is 8.96. The summed E-state index contributed by atoms with van der Waals surface area (Å²) in [6.45, 7) is 2.63. The average molecular weight is 438 g/mol. The largest absolute Gasteiger partial charge is 0.288 e. The van der Waals surface area contributed by atoms with E-state index >= 15 is 0 Å². The van der Waals surface area contributed by atoms with Gasteiger partial charge in [0.05, 0.1) is 21.8 Å². The number of tetrazole rings is 1. The second-order valence-electron chi connectivity index (χ2n) is 7.18. The Balaban J connectivity index is 1.79. The molecule has 1 aromatic heterocycles. The molecular formula is C23H21Cl2N5. The molecule has 1 atom stereocenters. The van der Waals surface area contributed by atoms with Gasteiger partial charge in [-0.15, -0.1) is 5.10 Å². The fraction of sp³-hybridized carbons (Fsp3) is 0.174. The van der Waals surface area contributed by atoms with Crippen molar-refractivity contribution in [2.24, 2.45) is 0 Å². The van der Waals surface area contributed by atoms with Crippen molar-refractivity contribution in [2.75, 3.05) is 7.05 Å². The SMILES string of the molecule is Cc1ccccc1-n1nnnc1C(c1ccccc1)N(C)Cc1cccc(Cl)c1Cl. The van der Waals surface area contributed by atoms with E-state index < -0.39 is 0 Å². The van der Waals surface area contributed by atoms with E-state index in [-0.39, 0.29) is 6.04 Å². The van der Waals surface area contributed by atoms with Gasteiger partial charge in [-0.2, -0.15) is 4.68 Å². The third kappa shape index (κ3) is 4.10. The number of aryl methyl sites for hydroxylation is 1. The Labute approximate surface area is 185 Å². The normalized spacial score (nSPS) is 12.3. The molecule has 0 aliphatic heterocycles. The maximum absolute atomic E-state index is 6.46. The van der Waals surface area contributed by atoms with Crippen LogP contribution in [0.15, 0.2) is 72.8 Å². The van der Waals surface area contributed by atoms with Gasteiger partial charge in [0.15, 0.2) is 5.82 Å². The van der Waals surface area contributed by atoms with Crippen LogP contribution in [0.3, 0.4) is 0 Å². The third-order valence-corrected chi connectivity index (χ3v) is 5.95. The smallest absolute Gasteiger partial charge is 0.178 e. The summed E-state index contributed by atoms with van der Waals surface area (Å²) < 4.78 is 1.81. The van der Waals surface area contributed by atoms with Crippen LogP contribution in [-0.4, -0.2) is 32.2 Å². The van der Waals surface area contributed by atoms with Crippen LogP contribution in [0.2, 0.25) is 10.0 Å². The van der Waals surface area contributed by atoms with Crippen molar-refractivity contribution in [1.29, 1.82) is 0 Å². The molecule has 0 saturated carbocycles. The Bertz CT molecular complexity index is 1140. The van der Waals surface area contributed by atoms with E-state index in [1.807, 2.05) is 73.3 Å². The topological polar surface area (TPSA) is 46.8 Å². The van der Waals surface area contributed by atoms with Gasteiger partial charge in [0.2, 0.25) is 0 Å². The van der Waals surface area contributed by atoms with Crippen molar-refractivity contribution in [3.63, 3.8) is 0 Å². The molecule has 152 valence electrons. The molecule has 1 unspecified atom stereocenters. The lowest BCUT2D eigenvalue weighted by molar-refractivity contribution is 0.258. The Morgan fingerprint density at radius 3 is 2.43 bits per heavy atom. The van der Waals surface area contributed by atoms with E-state index in [1.165, 1.54) is 0 Å². The average Bonchev–Trinajstić information content (AvgIpc) is 3.22. The molecule has 7 heteroatoms. The van der Waals surface area contributed by atoms with Crippen LogP contribution in [0.1, 0.15) is 28.6 Å². The van der Waals surface area contributed by atoms with E-state index in [0.717, 1.165) is 28.2 Å². The van der Waals surface area contributed by atoms with Crippen LogP contribution >= 0.6 is 23.2 Å². The number of para-hydroxylation sites is 1. The number of benzene rings is 3. The van der Waals surface area contributed by atoms with E-state index in [9.17, 15) is 0 Å². The van der Waals surface area contributed by atoms with Gasteiger partial charge in [0.1, 0.15) is 0 Å². The molecule has 0 aliphatic carbocycles. The van der Waals surface area contributed by atoms with Gasteiger partial charge in [-0.1, -0.05) is 83.9 Å². The monoisotopic (exact) mass is 437 g/mol. The predicted octanol–water partition coefficient (Wildman–Crippen LogP) is 5.50. The highest BCUT2D eigenvalue weighted by atomic mass is 35.5. The minimum Gasteiger partial charge on any atom is -0.288 e. The molecule has 30 heavy (non-hydrogen) atoms. The van der Waals surface area contributed by atoms with Gasteiger partial charge < -0.3 is 0 Å². The number of aromatic nitrogens is 4. The molecule has 1 heterocycles. The van der Waals surface area contributed by atoms with Gasteiger partial charge in [-0.3, -0.25) is 4.90 Å². The van der Waals surface area contributed by atoms with E-state index in [1.54, 1.807) is 6.07 Å². The fourth-order valence-corrected chi connectivity index (χ4v) is 3.98. The fourth-order valence-electron chi connectivity index (χ4n) is 3.60. The van der Waals surface area contributed by atoms with E-state index in [0.29, 0.717) is 16.6 Å². The molecule has 3 aromatic carbocycles. The van der Waals surface area contributed by atoms with Crippen LogP contribution < -0.4 is 0 Å². The molecule has 0 spiro atoms. The van der Waals surface area contributed by atoms with Crippen LogP contribution in [0.4, 0.5) is 0 Å². The molecule has 4 rings (SSSR count). The molecular weight excluding hydrogens is 417 g/mol. The maximum atomic E-state index is 6.46. The van der Waals surface area contributed by atoms with E-state index in [2.05, 4.69) is 32.6 Å². The first-order chi connectivity index (χ1) is 14.6. The van der Waals surface area contributed by atoms with Gasteiger partial charge in [0, 0.05) is 6.54 Å². The Kier molecular flexibility index (Phi) is 6.13. The molecule has 0 bridgehead atoms. The van der Waals surface area contributed by atoms with Crippen molar-refractivity contribution < 1.29 is 0 Å². The molecule has 0 saturated heterocycles. The summed E-state index contributed by atoms with van der Waals surface area (Å²) in [7, 11) is 2.03. The lowest BCUT2D eigenvalue weighted by atomic mass is 10.0. The minimum absolute atomic E-state index is 0.184. The standard InChI is InChI=1S/C23H21Cl2N5/c1-16-9-6-7-14-20(16)30-23(26-27-28-30)22(17-10-4-3-5-11-17)29(2)15-18-12-8-13-19(24)21(18)25/h3-14,22H,15H2,1-2H3. The summed E-state index contributed by atoms with van der Waals surface area (Å²) in [5.74, 6) is 0.733. The van der Waals surface area contributed by atoms with Crippen molar-refractivity contribution in [2.45, 2.75) is 19.5 Å². The summed E-state index contributed by atoms with van der Waals surface area (Å²) in [6.07, 6.45) is 0. The number of rotatable bonds is 6. The Hall–Kier alpha value is -2.73. The summed E-state index contributed by atoms with van der Waals surface area (Å²) in [6, 6.07) is 23.8. The number of halogens is 2. The van der Waals surface area contributed by atoms with Gasteiger partial charge in [-0.25, -0.2) is 0 Å². The highest BCUT2D eigenvalue weighted by Gasteiger charge is 2.27. The van der Waals surface area contributed by atoms with Crippen LogP contribution in [0.25, 0.3) is 5.69 Å². The minimum atomic E-state index is -0.184. The van der Waals surface area contributed by atoms with Crippen LogP contribution in [0, 0.1) is 6.92 Å². The highest BCUT2D eigenvalue weighted by molar-refractivity contribution is 6.42. The maximum Gasteiger partial charge on any atom is 0.178 e. The number of hydrogen-bond acceptors (Lipinski definition) is 4. The zero-order chi connectivity index (χ0) is 21.1. The lowest BCUT2D eigenvalue weighted by Gasteiger charge is -2.28. The summed E-state index contributed by atoms with van der Waals surface area (Å²) in [4.78, 5) is 2.17. The molecule has 4 aromatic rings. The lowest BCUT2D eigenvalue weighted by Crippen LogP contribution is -2.28. The summed E-state index contributed by atoms with van der Waals surface area (Å²) in [5, 5.41) is 13.8. The van der Waals surface area contributed by atoms with Crippen molar-refractivity contribution >= 4 is 23.2 Å². The predicted molar refractivity (Wildman–Crippen MR) is 120 cm³/mol. The summed E-state index contributed by atoms with van der Waals surface area (Å²) in [5.41, 5.74) is 4.08. The van der Waals surface area contributed by atoms with Crippen molar-refractivity contribution in [3.8, 4) is 5.69 Å². The van der Waals surface area contributed by atoms with Crippen molar-refractivity contribution in [1.82, 2.24) is 25.1 Å². The first-order valence-electron chi connectivity index (χ1n) is 9.58. The number of hydrogen-bond donors (Lipinski definition) is 0. The zero-order valence-electron chi connectivity index (χ0n) is 16.7.